The van der Waals surface area contributed by atoms with Gasteiger partial charge in [-0.05, 0) is 51.4 Å². The molecule has 1 aliphatic rings. The lowest BCUT2D eigenvalue weighted by atomic mass is 9.98. The van der Waals surface area contributed by atoms with E-state index in [0.717, 1.165) is 38.5 Å². The largest absolute Gasteiger partial charge is 0.394 e. The standard InChI is InChI=1S/C52H99NO10/c1-3-5-7-9-11-13-15-17-19-20-21-22-23-24-25-26-28-30-32-34-36-38-40-45(56)51(61)53-43(42-62-52-50(60)49(59)48(58)46(41-54)63-52)47(57)44(55)39-37-35-33-31-29-27-18-16-14-12-10-8-6-4-2/h16,18,31,33,43-50,52,54-60H,3-15,17,19-30,32,34-42H2,1-2H3,(H,53,61)/b18-16+,33-31+. The van der Waals surface area contributed by atoms with Crippen LogP contribution in [0.5, 0.6) is 0 Å². The van der Waals surface area contributed by atoms with Crippen molar-refractivity contribution < 1.29 is 50.0 Å². The molecule has 0 saturated carbocycles. The Kier molecular flexibility index (Phi) is 39.7. The maximum atomic E-state index is 13.1. The van der Waals surface area contributed by atoms with Crippen LogP contribution in [0.3, 0.4) is 0 Å². The van der Waals surface area contributed by atoms with Gasteiger partial charge in [0.2, 0.25) is 5.91 Å². The van der Waals surface area contributed by atoms with Crippen LogP contribution in [0.2, 0.25) is 0 Å². The van der Waals surface area contributed by atoms with Crippen molar-refractivity contribution in [3.8, 4) is 0 Å². The Morgan fingerprint density at radius 3 is 1.41 bits per heavy atom. The van der Waals surface area contributed by atoms with Crippen molar-refractivity contribution in [3.05, 3.63) is 24.3 Å². The predicted molar refractivity (Wildman–Crippen MR) is 256 cm³/mol. The first-order valence-corrected chi connectivity index (χ1v) is 26.2. The number of hydrogen-bond donors (Lipinski definition) is 8. The Hall–Kier alpha value is -1.41. The zero-order valence-corrected chi connectivity index (χ0v) is 40.3. The van der Waals surface area contributed by atoms with Crippen LogP contribution in [-0.2, 0) is 14.3 Å². The summed E-state index contributed by atoms with van der Waals surface area (Å²) >= 11 is 0. The number of amides is 1. The van der Waals surface area contributed by atoms with Crippen LogP contribution in [0, 0.1) is 0 Å². The summed E-state index contributed by atoms with van der Waals surface area (Å²) in [5.74, 6) is -0.708. The Bertz CT molecular complexity index is 1080. The minimum Gasteiger partial charge on any atom is -0.394 e. The highest BCUT2D eigenvalue weighted by Crippen LogP contribution is 2.23. The van der Waals surface area contributed by atoms with Gasteiger partial charge in [0, 0.05) is 0 Å². The SMILES string of the molecule is CCCCCCC/C=C/CC/C=C/CCCC(O)C(O)C(COC1OC(CO)C(O)C(O)C1O)NC(=O)C(O)CCCCCCCCCCCCCCCCCCCCCCCC. The first-order valence-electron chi connectivity index (χ1n) is 26.2. The highest BCUT2D eigenvalue weighted by atomic mass is 16.7. The predicted octanol–water partition coefficient (Wildman–Crippen LogP) is 9.79. The van der Waals surface area contributed by atoms with Gasteiger partial charge < -0.3 is 50.5 Å². The molecular formula is C52H99NO10. The molecule has 0 aromatic carbocycles. The number of ether oxygens (including phenoxy) is 2. The molecule has 11 nitrogen and oxygen atoms in total. The summed E-state index contributed by atoms with van der Waals surface area (Å²) in [6.45, 7) is 3.42. The molecule has 1 amide bonds. The number of aliphatic hydroxyl groups excluding tert-OH is 7. The summed E-state index contributed by atoms with van der Waals surface area (Å²) < 4.78 is 11.1. The minimum atomic E-state index is -1.67. The topological polar surface area (TPSA) is 189 Å². The first kappa shape index (κ1) is 59.6. The molecular weight excluding hydrogens is 799 g/mol. The van der Waals surface area contributed by atoms with Crippen LogP contribution in [0.25, 0.3) is 0 Å². The quantitative estimate of drug-likeness (QED) is 0.0216. The monoisotopic (exact) mass is 898 g/mol. The van der Waals surface area contributed by atoms with Gasteiger partial charge in [0.25, 0.3) is 0 Å². The number of carbonyl (C=O) groups excluding carboxylic acids is 1. The summed E-state index contributed by atoms with van der Waals surface area (Å²) in [7, 11) is 0. The molecule has 1 saturated heterocycles. The molecule has 1 fully saturated rings. The molecule has 0 spiro atoms. The van der Waals surface area contributed by atoms with Gasteiger partial charge in [-0.3, -0.25) is 4.79 Å². The van der Waals surface area contributed by atoms with E-state index in [-0.39, 0.29) is 12.8 Å². The third kappa shape index (κ3) is 31.2. The summed E-state index contributed by atoms with van der Waals surface area (Å²) in [5.41, 5.74) is 0. The van der Waals surface area contributed by atoms with Crippen molar-refractivity contribution in [3.63, 3.8) is 0 Å². The van der Waals surface area contributed by atoms with E-state index in [1.165, 1.54) is 148 Å². The number of allylic oxidation sites excluding steroid dienone is 4. The average molecular weight is 898 g/mol. The van der Waals surface area contributed by atoms with E-state index in [0.29, 0.717) is 19.3 Å². The Morgan fingerprint density at radius 2 is 0.952 bits per heavy atom. The van der Waals surface area contributed by atoms with Crippen molar-refractivity contribution in [1.82, 2.24) is 5.32 Å². The number of carbonyl (C=O) groups is 1. The number of aliphatic hydroxyl groups is 7. The summed E-state index contributed by atoms with van der Waals surface area (Å²) in [5, 5.41) is 75.8. The van der Waals surface area contributed by atoms with Gasteiger partial charge in [-0.1, -0.05) is 205 Å². The van der Waals surface area contributed by atoms with Crippen LogP contribution < -0.4 is 5.32 Å². The van der Waals surface area contributed by atoms with E-state index in [1.54, 1.807) is 0 Å². The zero-order valence-electron chi connectivity index (χ0n) is 40.3. The number of unbranched alkanes of at least 4 members (excludes halogenated alkanes) is 28. The van der Waals surface area contributed by atoms with E-state index in [1.807, 2.05) is 0 Å². The summed E-state index contributed by atoms with van der Waals surface area (Å²) in [6, 6.07) is -1.19. The molecule has 372 valence electrons. The highest BCUT2D eigenvalue weighted by molar-refractivity contribution is 5.80. The molecule has 9 atom stereocenters. The second-order valence-corrected chi connectivity index (χ2v) is 18.6. The highest BCUT2D eigenvalue weighted by Gasteiger charge is 2.44. The van der Waals surface area contributed by atoms with Gasteiger partial charge in [-0.25, -0.2) is 0 Å². The molecule has 1 rings (SSSR count). The van der Waals surface area contributed by atoms with E-state index in [4.69, 9.17) is 9.47 Å². The molecule has 0 aromatic heterocycles. The number of hydrogen-bond acceptors (Lipinski definition) is 10. The van der Waals surface area contributed by atoms with Crippen molar-refractivity contribution in [2.24, 2.45) is 0 Å². The van der Waals surface area contributed by atoms with Crippen molar-refractivity contribution >= 4 is 5.91 Å². The lowest BCUT2D eigenvalue weighted by Crippen LogP contribution is -2.60. The van der Waals surface area contributed by atoms with Gasteiger partial charge in [0.15, 0.2) is 6.29 Å². The normalized spacial score (nSPS) is 21.3. The van der Waals surface area contributed by atoms with Gasteiger partial charge in [-0.2, -0.15) is 0 Å². The molecule has 8 N–H and O–H groups in total. The van der Waals surface area contributed by atoms with E-state index in [2.05, 4.69) is 43.5 Å². The Labute approximate surface area is 384 Å². The fourth-order valence-electron chi connectivity index (χ4n) is 8.40. The van der Waals surface area contributed by atoms with E-state index in [9.17, 15) is 40.5 Å². The average Bonchev–Trinajstić information content (AvgIpc) is 3.28. The molecule has 0 bridgehead atoms. The van der Waals surface area contributed by atoms with Gasteiger partial charge in [0.1, 0.15) is 36.6 Å². The fourth-order valence-corrected chi connectivity index (χ4v) is 8.40. The smallest absolute Gasteiger partial charge is 0.249 e. The van der Waals surface area contributed by atoms with Gasteiger partial charge in [0.05, 0.1) is 25.4 Å². The first-order chi connectivity index (χ1) is 30.7. The molecule has 0 radical (unpaired) electrons. The third-order valence-electron chi connectivity index (χ3n) is 12.7. The summed E-state index contributed by atoms with van der Waals surface area (Å²) in [4.78, 5) is 13.1. The molecule has 0 aromatic rings. The maximum absolute atomic E-state index is 13.1. The molecule has 1 aliphatic heterocycles. The van der Waals surface area contributed by atoms with Crippen LogP contribution in [0.4, 0.5) is 0 Å². The Morgan fingerprint density at radius 1 is 0.540 bits per heavy atom. The van der Waals surface area contributed by atoms with Crippen molar-refractivity contribution in [1.29, 1.82) is 0 Å². The Balaban J connectivity index is 2.36. The molecule has 11 heteroatoms. The van der Waals surface area contributed by atoms with Crippen LogP contribution >= 0.6 is 0 Å². The fraction of sp³-hybridized carbons (Fsp3) is 0.904. The minimum absolute atomic E-state index is 0.248. The van der Waals surface area contributed by atoms with Crippen molar-refractivity contribution in [2.75, 3.05) is 13.2 Å². The molecule has 9 unspecified atom stereocenters. The maximum Gasteiger partial charge on any atom is 0.249 e. The lowest BCUT2D eigenvalue weighted by Gasteiger charge is -2.40. The molecule has 0 aliphatic carbocycles. The van der Waals surface area contributed by atoms with Crippen LogP contribution in [0.1, 0.15) is 232 Å². The van der Waals surface area contributed by atoms with Crippen LogP contribution in [0.15, 0.2) is 24.3 Å². The van der Waals surface area contributed by atoms with E-state index < -0.39 is 74.2 Å². The number of nitrogens with one attached hydrogen (secondary N) is 1. The zero-order chi connectivity index (χ0) is 46.2. The molecule has 63 heavy (non-hydrogen) atoms. The third-order valence-corrected chi connectivity index (χ3v) is 12.7. The molecule has 1 heterocycles. The summed E-state index contributed by atoms with van der Waals surface area (Å²) in [6.07, 6.45) is 36.6. The second-order valence-electron chi connectivity index (χ2n) is 18.6. The number of rotatable bonds is 44. The van der Waals surface area contributed by atoms with Crippen molar-refractivity contribution in [2.45, 2.75) is 287 Å². The second kappa shape index (κ2) is 42.0. The van der Waals surface area contributed by atoms with E-state index >= 15 is 0 Å². The van der Waals surface area contributed by atoms with Gasteiger partial charge in [-0.15, -0.1) is 0 Å². The van der Waals surface area contributed by atoms with Gasteiger partial charge >= 0.3 is 0 Å². The lowest BCUT2D eigenvalue weighted by molar-refractivity contribution is -0.303. The van der Waals surface area contributed by atoms with Crippen LogP contribution in [-0.4, -0.2) is 110 Å².